The van der Waals surface area contributed by atoms with E-state index in [0.29, 0.717) is 0 Å². The van der Waals surface area contributed by atoms with Gasteiger partial charge in [0.05, 0.1) is 0 Å². The van der Waals surface area contributed by atoms with Gasteiger partial charge in [0.2, 0.25) is 0 Å². The molecule has 0 spiro atoms. The van der Waals surface area contributed by atoms with E-state index in [9.17, 15) is 0 Å². The second kappa shape index (κ2) is 3.07. The molecule has 19 valence electrons. The van der Waals surface area contributed by atoms with Crippen LogP contribution >= 0.6 is 11.6 Å². The average Bonchev–Trinajstić information content (AvgIpc) is 1.37. The Labute approximate surface area is 33.6 Å². The van der Waals surface area contributed by atoms with Gasteiger partial charge in [0.1, 0.15) is 10.2 Å². The minimum Gasteiger partial charge on any atom is -0.121 e. The summed E-state index contributed by atoms with van der Waals surface area (Å²) >= 11 is 4.78. The largest absolute Gasteiger partial charge is 0.149 e. The van der Waals surface area contributed by atoms with Crippen molar-refractivity contribution in [3.05, 3.63) is 0 Å². The van der Waals surface area contributed by atoms with Crippen molar-refractivity contribution in [3.63, 3.8) is 0 Å². The summed E-state index contributed by atoms with van der Waals surface area (Å²) in [6.45, 7) is 0. The lowest BCUT2D eigenvalue weighted by molar-refractivity contribution is 2.96. The van der Waals surface area contributed by atoms with Crippen LogP contribution in [0, 0.1) is 10.9 Å². The topological polar surface area (TPSA) is 0 Å². The van der Waals surface area contributed by atoms with Gasteiger partial charge < -0.3 is 0 Å². The van der Waals surface area contributed by atoms with Crippen LogP contribution in [0.2, 0.25) is 0 Å². The summed E-state index contributed by atoms with van der Waals surface area (Å²) in [7, 11) is 2.79. The molecule has 0 aliphatic carbocycles. The highest BCUT2D eigenvalue weighted by Crippen LogP contribution is 1.53. The Morgan fingerprint density at radius 1 is 1.75 bits per heavy atom. The van der Waals surface area contributed by atoms with E-state index in [2.05, 4.69) is 21.2 Å². The van der Waals surface area contributed by atoms with Crippen molar-refractivity contribution in [2.75, 3.05) is 0 Å². The first-order valence-electron chi connectivity index (χ1n) is 0.689. The quantitative estimate of drug-likeness (QED) is 0.295. The highest BCUT2D eigenvalue weighted by atomic mass is 35.5. The van der Waals surface area contributed by atoms with Crippen molar-refractivity contribution >= 4 is 21.8 Å². The lowest BCUT2D eigenvalue weighted by Crippen LogP contribution is -1.38. The standard InChI is InChI=1S/C2ClSi/c3-1-2-4. The number of rotatable bonds is 0. The lowest BCUT2D eigenvalue weighted by atomic mass is 11.4. The van der Waals surface area contributed by atoms with E-state index < -0.39 is 0 Å². The molecule has 0 bridgehead atoms. The summed E-state index contributed by atoms with van der Waals surface area (Å²) in [4.78, 5) is 0. The molecule has 0 aliphatic heterocycles. The van der Waals surface area contributed by atoms with Crippen molar-refractivity contribution in [3.8, 4) is 10.9 Å². The number of halogens is 1. The number of hydrogen-bond acceptors (Lipinski definition) is 0. The molecule has 3 radical (unpaired) electrons. The molecule has 0 saturated carbocycles. The predicted molar refractivity (Wildman–Crippen MR) is 19.4 cm³/mol. The molecular formula is C2ClSi. The summed E-state index contributed by atoms with van der Waals surface area (Å²) in [5.41, 5.74) is 2.25. The first-order chi connectivity index (χ1) is 1.91. The van der Waals surface area contributed by atoms with Gasteiger partial charge >= 0.3 is 0 Å². The maximum atomic E-state index is 4.78. The molecule has 0 N–H and O–H groups in total. The minimum atomic E-state index is 2.07. The van der Waals surface area contributed by atoms with Crippen LogP contribution in [0.4, 0.5) is 0 Å². The molecule has 0 fully saturated rings. The Kier molecular flexibility index (Phi) is 3.12. The smallest absolute Gasteiger partial charge is 0.121 e. The van der Waals surface area contributed by atoms with Crippen LogP contribution in [0.1, 0.15) is 0 Å². The monoisotopic (exact) mass is 86.9 g/mol. The van der Waals surface area contributed by atoms with Crippen LogP contribution in [0.3, 0.4) is 0 Å². The van der Waals surface area contributed by atoms with E-state index in [4.69, 9.17) is 11.6 Å². The van der Waals surface area contributed by atoms with E-state index in [1.165, 1.54) is 0 Å². The third-order valence-electron chi connectivity index (χ3n) is 0.0472. The van der Waals surface area contributed by atoms with E-state index in [-0.39, 0.29) is 0 Å². The van der Waals surface area contributed by atoms with Crippen molar-refractivity contribution in [2.45, 2.75) is 0 Å². The SMILES string of the molecule is [Si]C#CCl. The van der Waals surface area contributed by atoms with Gasteiger partial charge in [0.25, 0.3) is 0 Å². The van der Waals surface area contributed by atoms with Gasteiger partial charge in [-0.1, -0.05) is 0 Å². The molecule has 0 aromatic heterocycles. The third kappa shape index (κ3) is 2.07. The van der Waals surface area contributed by atoms with Gasteiger partial charge in [-0.3, -0.25) is 0 Å². The zero-order valence-electron chi connectivity index (χ0n) is 1.88. The fourth-order valence-corrected chi connectivity index (χ4v) is 0. The molecule has 0 heterocycles. The van der Waals surface area contributed by atoms with Crippen LogP contribution in [0.5, 0.6) is 0 Å². The normalized spacial score (nSPS) is 3.50. The van der Waals surface area contributed by atoms with E-state index >= 15 is 0 Å². The summed E-state index contributed by atoms with van der Waals surface area (Å²) in [5, 5.41) is 2.07. The summed E-state index contributed by atoms with van der Waals surface area (Å²) < 4.78 is 0. The van der Waals surface area contributed by atoms with Crippen LogP contribution in [0.15, 0.2) is 0 Å². The van der Waals surface area contributed by atoms with Gasteiger partial charge in [0, 0.05) is 0 Å². The maximum Gasteiger partial charge on any atom is 0.149 e. The predicted octanol–water partition coefficient (Wildman–Crippen LogP) is 0.312. The Morgan fingerprint density at radius 2 is 2.00 bits per heavy atom. The van der Waals surface area contributed by atoms with Gasteiger partial charge in [-0.25, -0.2) is 0 Å². The Hall–Kier alpha value is 0.0669. The first-order valence-corrected chi connectivity index (χ1v) is 1.57. The van der Waals surface area contributed by atoms with Crippen molar-refractivity contribution in [2.24, 2.45) is 0 Å². The molecular weight excluding hydrogens is 87.6 g/mol. The average molecular weight is 87.6 g/mol. The van der Waals surface area contributed by atoms with Gasteiger partial charge in [0.15, 0.2) is 0 Å². The molecule has 0 aromatic carbocycles. The van der Waals surface area contributed by atoms with Crippen LogP contribution in [0.25, 0.3) is 0 Å². The van der Waals surface area contributed by atoms with Crippen molar-refractivity contribution in [1.29, 1.82) is 0 Å². The highest BCUT2D eigenvalue weighted by molar-refractivity contribution is 6.35. The summed E-state index contributed by atoms with van der Waals surface area (Å²) in [6, 6.07) is 0. The zero-order valence-corrected chi connectivity index (χ0v) is 3.63. The molecule has 0 rings (SSSR count). The molecule has 0 nitrogen and oxygen atoms in total. The summed E-state index contributed by atoms with van der Waals surface area (Å²) in [6.07, 6.45) is 0. The van der Waals surface area contributed by atoms with Crippen molar-refractivity contribution in [1.82, 2.24) is 0 Å². The first kappa shape index (κ1) is 4.07. The van der Waals surface area contributed by atoms with Gasteiger partial charge in [-0.2, -0.15) is 0 Å². The van der Waals surface area contributed by atoms with E-state index in [1.807, 2.05) is 0 Å². The van der Waals surface area contributed by atoms with E-state index in [0.717, 1.165) is 0 Å². The van der Waals surface area contributed by atoms with Crippen molar-refractivity contribution < 1.29 is 0 Å². The second-order valence-electron chi connectivity index (χ2n) is 0.219. The molecule has 0 amide bonds. The molecule has 0 unspecified atom stereocenters. The Bertz CT molecular complexity index is 42.8. The van der Waals surface area contributed by atoms with Crippen LogP contribution in [-0.2, 0) is 0 Å². The third-order valence-corrected chi connectivity index (χ3v) is 0.425. The zero-order chi connectivity index (χ0) is 3.41. The van der Waals surface area contributed by atoms with Crippen LogP contribution < -0.4 is 0 Å². The highest BCUT2D eigenvalue weighted by Gasteiger charge is 1.32. The molecule has 0 aliphatic rings. The molecule has 0 aromatic rings. The molecule has 2 heteroatoms. The number of hydrogen-bond donors (Lipinski definition) is 0. The fourth-order valence-electron chi connectivity index (χ4n) is 0. The lowest BCUT2D eigenvalue weighted by Gasteiger charge is -1.35. The second-order valence-corrected chi connectivity index (χ2v) is 0.658. The Morgan fingerprint density at radius 3 is 2.00 bits per heavy atom. The van der Waals surface area contributed by atoms with Gasteiger partial charge in [-0.05, 0) is 17.0 Å². The van der Waals surface area contributed by atoms with Gasteiger partial charge in [-0.15, -0.1) is 5.54 Å². The minimum absolute atomic E-state index is 2.07. The molecule has 0 atom stereocenters. The molecule has 0 saturated heterocycles. The van der Waals surface area contributed by atoms with Crippen LogP contribution in [-0.4, -0.2) is 10.2 Å². The summed E-state index contributed by atoms with van der Waals surface area (Å²) in [5.74, 6) is 0. The molecule has 4 heavy (non-hydrogen) atoms. The fraction of sp³-hybridized carbons (Fsp3) is 0. The maximum absolute atomic E-state index is 4.78. The Balaban J connectivity index is 2.83. The van der Waals surface area contributed by atoms with E-state index in [1.54, 1.807) is 0 Å².